The number of sulfone groups is 1. The van der Waals surface area contributed by atoms with Crippen LogP contribution in [-0.4, -0.2) is 78.6 Å². The highest BCUT2D eigenvalue weighted by atomic mass is 35.5. The molecule has 0 aliphatic carbocycles. The average Bonchev–Trinajstić information content (AvgIpc) is 3.38. The van der Waals surface area contributed by atoms with Crippen LogP contribution in [0.15, 0.2) is 53.7 Å². The highest BCUT2D eigenvalue weighted by Gasteiger charge is 2.42. The second kappa shape index (κ2) is 12.0. The van der Waals surface area contributed by atoms with Crippen molar-refractivity contribution in [2.45, 2.75) is 62.2 Å². The second-order valence-electron chi connectivity index (χ2n) is 12.5. The number of alkyl halides is 2. The van der Waals surface area contributed by atoms with E-state index in [1.165, 1.54) is 28.0 Å². The molecule has 242 valence electrons. The van der Waals surface area contributed by atoms with E-state index in [1.54, 1.807) is 52.1 Å². The van der Waals surface area contributed by atoms with Crippen LogP contribution in [-0.2, 0) is 25.9 Å². The van der Waals surface area contributed by atoms with Gasteiger partial charge < -0.3 is 15.0 Å². The largest absolute Gasteiger partial charge is 0.444 e. The Balaban J connectivity index is 1.57. The number of anilines is 1. The number of carbonyl (C=O) groups is 2. The predicted octanol–water partition coefficient (Wildman–Crippen LogP) is 5.07. The molecule has 3 aromatic rings. The number of piperidine rings is 1. The molecule has 0 radical (unpaired) electrons. The first-order valence-electron chi connectivity index (χ1n) is 14.1. The number of fused-ring (bicyclic) bond motifs is 1. The molecule has 0 saturated carbocycles. The first-order valence-corrected chi connectivity index (χ1v) is 16.2. The van der Waals surface area contributed by atoms with Gasteiger partial charge in [-0.25, -0.2) is 26.4 Å². The zero-order valence-corrected chi connectivity index (χ0v) is 26.6. The molecule has 1 fully saturated rings. The van der Waals surface area contributed by atoms with E-state index in [2.05, 4.69) is 10.4 Å². The van der Waals surface area contributed by atoms with Crippen LogP contribution in [0.4, 0.5) is 23.7 Å². The van der Waals surface area contributed by atoms with Crippen LogP contribution in [0.25, 0.3) is 11.1 Å². The quantitative estimate of drug-likeness (QED) is 0.404. The van der Waals surface area contributed by atoms with Crippen molar-refractivity contribution in [1.29, 1.82) is 0 Å². The summed E-state index contributed by atoms with van der Waals surface area (Å²) in [6, 6.07) is 6.33. The lowest BCUT2D eigenvalue weighted by atomic mass is 10.0. The van der Waals surface area contributed by atoms with Crippen molar-refractivity contribution in [3.8, 4) is 11.1 Å². The third-order valence-electron chi connectivity index (χ3n) is 7.41. The minimum atomic E-state index is -4.34. The van der Waals surface area contributed by atoms with Gasteiger partial charge in [0.1, 0.15) is 17.5 Å². The Morgan fingerprint density at radius 2 is 1.89 bits per heavy atom. The van der Waals surface area contributed by atoms with Gasteiger partial charge in [0.05, 0.1) is 41.7 Å². The van der Waals surface area contributed by atoms with E-state index < -0.39 is 68.3 Å². The van der Waals surface area contributed by atoms with Crippen molar-refractivity contribution in [2.24, 2.45) is 0 Å². The molecular formula is C30H33ClF3N5O5S. The number of aromatic nitrogens is 2. The highest BCUT2D eigenvalue weighted by Crippen LogP contribution is 2.38. The first-order chi connectivity index (χ1) is 20.9. The van der Waals surface area contributed by atoms with Crippen LogP contribution in [0, 0.1) is 5.82 Å². The van der Waals surface area contributed by atoms with Gasteiger partial charge in [-0.2, -0.15) is 5.10 Å². The van der Waals surface area contributed by atoms with Gasteiger partial charge in [-0.1, -0.05) is 23.7 Å². The third-order valence-corrected chi connectivity index (χ3v) is 9.44. The van der Waals surface area contributed by atoms with Gasteiger partial charge in [-0.15, -0.1) is 0 Å². The molecule has 45 heavy (non-hydrogen) atoms. The van der Waals surface area contributed by atoms with Gasteiger partial charge in [0.15, 0.2) is 9.84 Å². The van der Waals surface area contributed by atoms with Crippen molar-refractivity contribution in [3.63, 3.8) is 0 Å². The van der Waals surface area contributed by atoms with E-state index in [0.717, 1.165) is 11.0 Å². The van der Waals surface area contributed by atoms with E-state index >= 15 is 4.39 Å². The molecule has 2 aliphatic heterocycles. The van der Waals surface area contributed by atoms with Crippen molar-refractivity contribution in [2.75, 3.05) is 30.8 Å². The fourth-order valence-electron chi connectivity index (χ4n) is 5.55. The molecule has 2 aliphatic rings. The summed E-state index contributed by atoms with van der Waals surface area (Å²) >= 11 is 6.03. The van der Waals surface area contributed by atoms with Crippen LogP contribution in [0.3, 0.4) is 0 Å². The molecule has 0 spiro atoms. The maximum Gasteiger partial charge on any atom is 0.408 e. The van der Waals surface area contributed by atoms with Gasteiger partial charge >= 0.3 is 6.09 Å². The lowest BCUT2D eigenvalue weighted by molar-refractivity contribution is -0.120. The number of amides is 2. The fraction of sp³-hybridized carbons (Fsp3) is 0.433. The van der Waals surface area contributed by atoms with E-state index in [1.807, 2.05) is 0 Å². The summed E-state index contributed by atoms with van der Waals surface area (Å²) in [5.41, 5.74) is -0.338. The smallest absolute Gasteiger partial charge is 0.408 e. The Morgan fingerprint density at radius 1 is 1.20 bits per heavy atom. The maximum atomic E-state index is 15.7. The number of halogens is 4. The molecule has 3 heterocycles. The molecule has 0 bridgehead atoms. The zero-order valence-electron chi connectivity index (χ0n) is 25.1. The number of likely N-dealkylation sites (tertiary alicyclic amines) is 1. The SMILES string of the molecule is CN1CC(n2cc(-c3cc4c(cc3F)S(=O)(=O)C[C@H](NC(=O)OC(C)(C)C)C(=O)N4Cc3ccc(Cl)cc3)cn2)CC(F)(F)C1. The van der Waals surface area contributed by atoms with Crippen molar-refractivity contribution in [3.05, 3.63) is 65.2 Å². The molecule has 1 N–H and O–H groups in total. The van der Waals surface area contributed by atoms with Crippen LogP contribution >= 0.6 is 11.6 Å². The lowest BCUT2D eigenvalue weighted by Crippen LogP contribution is -2.51. The van der Waals surface area contributed by atoms with Gasteiger partial charge in [0.25, 0.3) is 11.8 Å². The van der Waals surface area contributed by atoms with Crippen LogP contribution in [0.2, 0.25) is 5.02 Å². The average molecular weight is 668 g/mol. The summed E-state index contributed by atoms with van der Waals surface area (Å²) in [5.74, 6) is -5.45. The maximum absolute atomic E-state index is 15.7. The summed E-state index contributed by atoms with van der Waals surface area (Å²) in [6.07, 6.45) is 1.29. The number of hydrogen-bond acceptors (Lipinski definition) is 7. The molecule has 2 aromatic carbocycles. The molecule has 1 unspecified atom stereocenters. The second-order valence-corrected chi connectivity index (χ2v) is 14.9. The number of ether oxygens (including phenoxy) is 1. The number of benzene rings is 2. The minimum Gasteiger partial charge on any atom is -0.444 e. The number of hydrogen-bond donors (Lipinski definition) is 1. The fourth-order valence-corrected chi connectivity index (χ4v) is 7.29. The number of alkyl carbamates (subject to hydrolysis) is 1. The monoisotopic (exact) mass is 667 g/mol. The van der Waals surface area contributed by atoms with Gasteiger partial charge in [0, 0.05) is 35.3 Å². The van der Waals surface area contributed by atoms with E-state index in [9.17, 15) is 26.8 Å². The minimum absolute atomic E-state index is 0.0846. The molecule has 1 saturated heterocycles. The summed E-state index contributed by atoms with van der Waals surface area (Å²) < 4.78 is 78.1. The van der Waals surface area contributed by atoms with E-state index in [-0.39, 0.29) is 29.9 Å². The Bertz CT molecular complexity index is 1730. The molecule has 15 heteroatoms. The molecule has 2 amide bonds. The molecule has 1 aromatic heterocycles. The first kappa shape index (κ1) is 32.8. The number of rotatable bonds is 5. The Labute approximate surface area is 264 Å². The Hall–Kier alpha value is -3.62. The van der Waals surface area contributed by atoms with E-state index in [4.69, 9.17) is 16.3 Å². The number of nitrogens with one attached hydrogen (secondary N) is 1. The van der Waals surface area contributed by atoms with Gasteiger partial charge in [-0.3, -0.25) is 14.4 Å². The highest BCUT2D eigenvalue weighted by molar-refractivity contribution is 7.91. The summed E-state index contributed by atoms with van der Waals surface area (Å²) in [7, 11) is -2.76. The van der Waals surface area contributed by atoms with Gasteiger partial charge in [0.2, 0.25) is 0 Å². The van der Waals surface area contributed by atoms with Crippen LogP contribution in [0.1, 0.15) is 38.8 Å². The molecule has 2 atom stereocenters. The Morgan fingerprint density at radius 3 is 2.53 bits per heavy atom. The normalized spacial score (nSPS) is 21.6. The standard InChI is InChI=1S/C30H33ClF3N5O5S/c1-29(2,3)44-28(41)36-24-16-45(42,43)26-10-23(32)22(9-25(26)38(27(24)40)13-18-5-7-20(31)8-6-18)19-12-35-39(14-19)21-11-30(33,34)17-37(4)15-21/h5-10,12,14,21,24H,11,13,15-17H2,1-4H3,(H,36,41)/t21?,24-/m0/s1. The predicted molar refractivity (Wildman–Crippen MR) is 162 cm³/mol. The number of carbonyl (C=O) groups excluding carboxylic acids is 2. The van der Waals surface area contributed by atoms with Crippen molar-refractivity contribution >= 4 is 39.1 Å². The summed E-state index contributed by atoms with van der Waals surface area (Å²) in [5, 5.41) is 7.03. The topological polar surface area (TPSA) is 114 Å². The van der Waals surface area contributed by atoms with Crippen LogP contribution < -0.4 is 10.2 Å². The molecular weight excluding hydrogens is 635 g/mol. The van der Waals surface area contributed by atoms with E-state index in [0.29, 0.717) is 17.1 Å². The summed E-state index contributed by atoms with van der Waals surface area (Å²) in [4.78, 5) is 28.8. The third kappa shape index (κ3) is 7.45. The van der Waals surface area contributed by atoms with Gasteiger partial charge in [-0.05, 0) is 57.6 Å². The van der Waals surface area contributed by atoms with Crippen molar-refractivity contribution in [1.82, 2.24) is 20.0 Å². The number of likely N-dealkylation sites (N-methyl/N-ethyl adjacent to an activating group) is 1. The zero-order chi connectivity index (χ0) is 32.9. The number of nitrogens with zero attached hydrogens (tertiary/aromatic N) is 4. The van der Waals surface area contributed by atoms with Crippen molar-refractivity contribution < 1.29 is 35.9 Å². The molecule has 10 nitrogen and oxygen atoms in total. The van der Waals surface area contributed by atoms with Crippen LogP contribution in [0.5, 0.6) is 0 Å². The Kier molecular flexibility index (Phi) is 8.70. The lowest BCUT2D eigenvalue weighted by Gasteiger charge is -2.35. The summed E-state index contributed by atoms with van der Waals surface area (Å²) in [6.45, 7) is 4.63. The molecule has 5 rings (SSSR count).